The second-order valence-corrected chi connectivity index (χ2v) is 7.24. The monoisotopic (exact) mass is 377 g/mol. The maximum absolute atomic E-state index is 12.3. The lowest BCUT2D eigenvalue weighted by Crippen LogP contribution is -2.42. The van der Waals surface area contributed by atoms with Gasteiger partial charge in [0.2, 0.25) is 0 Å². The molecular weight excluding hydrogens is 354 g/mol. The van der Waals surface area contributed by atoms with Gasteiger partial charge in [0.25, 0.3) is 11.8 Å². The Morgan fingerprint density at radius 1 is 1.42 bits per heavy atom. The zero-order valence-electron chi connectivity index (χ0n) is 15.0. The number of piperidine rings is 1. The van der Waals surface area contributed by atoms with Gasteiger partial charge in [0.1, 0.15) is 0 Å². The highest BCUT2D eigenvalue weighted by atomic mass is 32.1. The summed E-state index contributed by atoms with van der Waals surface area (Å²) >= 11 is 1.41. The first kappa shape index (κ1) is 19.9. The predicted molar refractivity (Wildman–Crippen MR) is 96.4 cm³/mol. The molecule has 0 aliphatic carbocycles. The fraction of sp³-hybridized carbons (Fsp3) is 0.556. The van der Waals surface area contributed by atoms with Crippen molar-refractivity contribution in [2.45, 2.75) is 32.3 Å². The normalized spacial score (nSPS) is 15.8. The smallest absolute Gasteiger partial charge is 0.309 e. The molecule has 0 saturated carbocycles. The molecular formula is C18H23N3O4S. The molecule has 0 radical (unpaired) electrons. The molecule has 2 heterocycles. The maximum Gasteiger partial charge on any atom is 0.309 e. The largest absolute Gasteiger partial charge is 0.452 e. The quantitative estimate of drug-likeness (QED) is 0.706. The van der Waals surface area contributed by atoms with Crippen molar-refractivity contribution in [2.24, 2.45) is 5.92 Å². The third kappa shape index (κ3) is 5.05. The van der Waals surface area contributed by atoms with Crippen molar-refractivity contribution in [3.05, 3.63) is 22.4 Å². The summed E-state index contributed by atoms with van der Waals surface area (Å²) in [6, 6.07) is 5.61. The van der Waals surface area contributed by atoms with Gasteiger partial charge in [-0.05, 0) is 31.2 Å². The van der Waals surface area contributed by atoms with Crippen LogP contribution < -0.4 is 0 Å². The lowest BCUT2D eigenvalue weighted by molar-refractivity contribution is -0.163. The van der Waals surface area contributed by atoms with Crippen molar-refractivity contribution >= 4 is 29.1 Å². The molecule has 1 aliphatic heterocycles. The Morgan fingerprint density at radius 2 is 2.12 bits per heavy atom. The third-order valence-corrected chi connectivity index (χ3v) is 5.28. The Hall–Kier alpha value is -2.40. The average molecular weight is 377 g/mol. The number of carbonyl (C=O) groups excluding carboxylic acids is 3. The number of amides is 2. The van der Waals surface area contributed by atoms with Gasteiger partial charge in [-0.1, -0.05) is 6.07 Å². The summed E-state index contributed by atoms with van der Waals surface area (Å²) in [7, 11) is 1.58. The molecule has 140 valence electrons. The Bertz CT molecular complexity index is 675. The summed E-state index contributed by atoms with van der Waals surface area (Å²) in [5, 5.41) is 10.4. The molecule has 0 unspecified atom stereocenters. The standard InChI is InChI=1S/C18H23N3O4S/c1-13(16(22)20(2)9-4-8-19)25-18(24)14-6-10-21(11-7-14)17(23)15-5-3-12-26-15/h3,5,12-14H,4,6-7,9-11H2,1-2H3/t13-/m1/s1. The van der Waals surface area contributed by atoms with E-state index in [1.807, 2.05) is 17.5 Å². The number of nitrogens with zero attached hydrogens (tertiary/aromatic N) is 3. The summed E-state index contributed by atoms with van der Waals surface area (Å²) < 4.78 is 5.31. The van der Waals surface area contributed by atoms with Crippen molar-refractivity contribution in [3.63, 3.8) is 0 Å². The number of likely N-dealkylation sites (tertiary alicyclic amines) is 1. The molecule has 26 heavy (non-hydrogen) atoms. The van der Waals surface area contributed by atoms with Crippen LogP contribution >= 0.6 is 11.3 Å². The maximum atomic E-state index is 12.3. The minimum atomic E-state index is -0.878. The SMILES string of the molecule is C[C@@H](OC(=O)C1CCN(C(=O)c2cccs2)CC1)C(=O)N(C)CCC#N. The number of esters is 1. The third-order valence-electron chi connectivity index (χ3n) is 4.42. The number of hydrogen-bond donors (Lipinski definition) is 0. The summed E-state index contributed by atoms with van der Waals surface area (Å²) in [5.41, 5.74) is 0. The Balaban J connectivity index is 1.80. The first-order chi connectivity index (χ1) is 12.4. The van der Waals surface area contributed by atoms with Gasteiger partial charge in [-0.2, -0.15) is 5.26 Å². The van der Waals surface area contributed by atoms with Crippen LogP contribution in [0.25, 0.3) is 0 Å². The average Bonchev–Trinajstić information content (AvgIpc) is 3.19. The molecule has 0 bridgehead atoms. The minimum absolute atomic E-state index is 0.00511. The van der Waals surface area contributed by atoms with Crippen LogP contribution in [0.15, 0.2) is 17.5 Å². The summed E-state index contributed by atoms with van der Waals surface area (Å²) in [6.07, 6.45) is 0.416. The number of thiophene rings is 1. The molecule has 1 aromatic rings. The van der Waals surface area contributed by atoms with E-state index in [1.165, 1.54) is 16.2 Å². The fourth-order valence-corrected chi connectivity index (χ4v) is 3.52. The Kier molecular flexibility index (Phi) is 7.16. The van der Waals surface area contributed by atoms with Crippen molar-refractivity contribution in [2.75, 3.05) is 26.7 Å². The van der Waals surface area contributed by atoms with Gasteiger partial charge in [0.05, 0.1) is 23.3 Å². The fourth-order valence-electron chi connectivity index (χ4n) is 2.83. The molecule has 1 atom stereocenters. The van der Waals surface area contributed by atoms with E-state index in [0.29, 0.717) is 37.4 Å². The zero-order valence-corrected chi connectivity index (χ0v) is 15.8. The zero-order chi connectivity index (χ0) is 19.1. The number of ether oxygens (including phenoxy) is 1. The van der Waals surface area contributed by atoms with Crippen molar-refractivity contribution in [1.29, 1.82) is 5.26 Å². The van der Waals surface area contributed by atoms with Crippen LogP contribution in [0.2, 0.25) is 0 Å². The van der Waals surface area contributed by atoms with Crippen LogP contribution in [0.4, 0.5) is 0 Å². The number of hydrogen-bond acceptors (Lipinski definition) is 6. The summed E-state index contributed by atoms with van der Waals surface area (Å²) in [6.45, 7) is 2.85. The van der Waals surface area contributed by atoms with Gasteiger partial charge >= 0.3 is 5.97 Å². The highest BCUT2D eigenvalue weighted by Crippen LogP contribution is 2.22. The number of likely N-dealkylation sites (N-methyl/N-ethyl adjacent to an activating group) is 1. The summed E-state index contributed by atoms with van der Waals surface area (Å²) in [4.78, 5) is 40.6. The number of rotatable bonds is 6. The van der Waals surface area contributed by atoms with Gasteiger partial charge in [0, 0.05) is 26.7 Å². The number of carbonyl (C=O) groups is 3. The van der Waals surface area contributed by atoms with E-state index in [4.69, 9.17) is 10.00 Å². The van der Waals surface area contributed by atoms with E-state index < -0.39 is 12.1 Å². The van der Waals surface area contributed by atoms with E-state index >= 15 is 0 Å². The molecule has 7 nitrogen and oxygen atoms in total. The molecule has 1 saturated heterocycles. The molecule has 2 amide bonds. The predicted octanol–water partition coefficient (Wildman–Crippen LogP) is 1.90. The van der Waals surface area contributed by atoms with Crippen LogP contribution in [0.5, 0.6) is 0 Å². The van der Waals surface area contributed by atoms with Gasteiger partial charge in [0.15, 0.2) is 6.10 Å². The highest BCUT2D eigenvalue weighted by molar-refractivity contribution is 7.12. The Morgan fingerprint density at radius 3 is 2.69 bits per heavy atom. The number of nitriles is 1. The van der Waals surface area contributed by atoms with E-state index in [-0.39, 0.29) is 24.2 Å². The molecule has 8 heteroatoms. The lowest BCUT2D eigenvalue weighted by atomic mass is 9.97. The lowest BCUT2D eigenvalue weighted by Gasteiger charge is -2.31. The molecule has 2 rings (SSSR count). The van der Waals surface area contributed by atoms with Crippen molar-refractivity contribution in [1.82, 2.24) is 9.80 Å². The van der Waals surface area contributed by atoms with Crippen molar-refractivity contribution < 1.29 is 19.1 Å². The van der Waals surface area contributed by atoms with Gasteiger partial charge in [-0.25, -0.2) is 0 Å². The molecule has 0 spiro atoms. The second kappa shape index (κ2) is 9.34. The first-order valence-electron chi connectivity index (χ1n) is 8.59. The molecule has 1 fully saturated rings. The van der Waals surface area contributed by atoms with Crippen molar-refractivity contribution in [3.8, 4) is 6.07 Å². The van der Waals surface area contributed by atoms with Crippen LogP contribution in [-0.2, 0) is 14.3 Å². The second-order valence-electron chi connectivity index (χ2n) is 6.29. The highest BCUT2D eigenvalue weighted by Gasteiger charge is 2.31. The van der Waals surface area contributed by atoms with Crippen LogP contribution in [0.1, 0.15) is 35.9 Å². The topological polar surface area (TPSA) is 90.7 Å². The summed E-state index contributed by atoms with van der Waals surface area (Å²) in [5.74, 6) is -1.03. The van der Waals surface area contributed by atoms with E-state index in [0.717, 1.165) is 0 Å². The molecule has 0 N–H and O–H groups in total. The van der Waals surface area contributed by atoms with Gasteiger partial charge in [-0.15, -0.1) is 11.3 Å². The van der Waals surface area contributed by atoms with Gasteiger partial charge in [-0.3, -0.25) is 14.4 Å². The van der Waals surface area contributed by atoms with E-state index in [1.54, 1.807) is 24.9 Å². The van der Waals surface area contributed by atoms with Crippen LogP contribution in [0, 0.1) is 17.2 Å². The minimum Gasteiger partial charge on any atom is -0.452 e. The van der Waals surface area contributed by atoms with E-state index in [9.17, 15) is 14.4 Å². The first-order valence-corrected chi connectivity index (χ1v) is 9.47. The Labute approximate surface area is 157 Å². The molecule has 0 aromatic carbocycles. The van der Waals surface area contributed by atoms with E-state index in [2.05, 4.69) is 0 Å². The van der Waals surface area contributed by atoms with Crippen LogP contribution in [-0.4, -0.2) is 60.4 Å². The molecule has 1 aromatic heterocycles. The molecule has 1 aliphatic rings. The van der Waals surface area contributed by atoms with Crippen LogP contribution in [0.3, 0.4) is 0 Å². The van der Waals surface area contributed by atoms with Gasteiger partial charge < -0.3 is 14.5 Å².